The number of nitrogens with one attached hydrogen (secondary N) is 1. The number of rotatable bonds is 6. The molecule has 0 spiro atoms. The first kappa shape index (κ1) is 21.5. The molecule has 1 aromatic heterocycles. The molecular weight excluding hydrogens is 398 g/mol. The van der Waals surface area contributed by atoms with Gasteiger partial charge in [0.2, 0.25) is 5.91 Å². The summed E-state index contributed by atoms with van der Waals surface area (Å²) in [7, 11) is 0. The molecule has 0 aliphatic rings. The van der Waals surface area contributed by atoms with E-state index in [1.165, 1.54) is 15.8 Å². The van der Waals surface area contributed by atoms with Gasteiger partial charge in [-0.1, -0.05) is 60.2 Å². The van der Waals surface area contributed by atoms with Gasteiger partial charge < -0.3 is 5.32 Å². The molecule has 4 rings (SSSR count). The summed E-state index contributed by atoms with van der Waals surface area (Å²) in [6, 6.07) is 21.7. The van der Waals surface area contributed by atoms with Gasteiger partial charge in [0.25, 0.3) is 5.56 Å². The van der Waals surface area contributed by atoms with Crippen LogP contribution in [0.25, 0.3) is 22.0 Å². The second-order valence-electron chi connectivity index (χ2n) is 8.20. The van der Waals surface area contributed by atoms with Gasteiger partial charge in [-0.05, 0) is 56.0 Å². The van der Waals surface area contributed by atoms with Crippen LogP contribution in [-0.2, 0) is 17.8 Å². The van der Waals surface area contributed by atoms with Crippen molar-refractivity contribution in [2.24, 2.45) is 0 Å². The number of nitrogens with zero attached hydrogens (tertiary/aromatic N) is 2. The highest BCUT2D eigenvalue weighted by Gasteiger charge is 2.15. The van der Waals surface area contributed by atoms with Gasteiger partial charge in [-0.3, -0.25) is 9.59 Å². The molecule has 5 nitrogen and oxygen atoms in total. The van der Waals surface area contributed by atoms with E-state index < -0.39 is 0 Å². The van der Waals surface area contributed by atoms with Crippen molar-refractivity contribution in [3.63, 3.8) is 0 Å². The van der Waals surface area contributed by atoms with Crippen LogP contribution in [0.15, 0.2) is 71.5 Å². The second kappa shape index (κ2) is 9.18. The van der Waals surface area contributed by atoms with E-state index in [0.29, 0.717) is 17.6 Å². The van der Waals surface area contributed by atoms with Crippen molar-refractivity contribution in [1.82, 2.24) is 15.1 Å². The largest absolute Gasteiger partial charge is 0.354 e. The highest BCUT2D eigenvalue weighted by molar-refractivity contribution is 5.94. The summed E-state index contributed by atoms with van der Waals surface area (Å²) in [4.78, 5) is 25.7. The average molecular weight is 426 g/mol. The predicted octanol–water partition coefficient (Wildman–Crippen LogP) is 4.35. The number of aryl methyl sites for hydroxylation is 3. The van der Waals surface area contributed by atoms with Crippen molar-refractivity contribution in [1.29, 1.82) is 0 Å². The Bertz CT molecular complexity index is 1350. The fourth-order valence-corrected chi connectivity index (χ4v) is 3.95. The average Bonchev–Trinajstić information content (AvgIpc) is 2.79. The van der Waals surface area contributed by atoms with Crippen molar-refractivity contribution in [2.45, 2.75) is 33.7 Å². The molecule has 1 heterocycles. The first-order chi connectivity index (χ1) is 15.4. The van der Waals surface area contributed by atoms with Crippen molar-refractivity contribution >= 4 is 16.7 Å². The summed E-state index contributed by atoms with van der Waals surface area (Å²) in [5, 5.41) is 8.91. The van der Waals surface area contributed by atoms with Gasteiger partial charge in [-0.25, -0.2) is 4.68 Å². The summed E-state index contributed by atoms with van der Waals surface area (Å²) in [6.07, 6.45) is 0.742. The topological polar surface area (TPSA) is 64.0 Å². The van der Waals surface area contributed by atoms with Crippen molar-refractivity contribution in [3.05, 3.63) is 99.3 Å². The molecule has 0 aliphatic carbocycles. The zero-order valence-corrected chi connectivity index (χ0v) is 18.7. The lowest BCUT2D eigenvalue weighted by Gasteiger charge is -2.13. The van der Waals surface area contributed by atoms with Crippen LogP contribution in [0.3, 0.4) is 0 Å². The first-order valence-corrected chi connectivity index (χ1v) is 10.8. The number of hydrogen-bond acceptors (Lipinski definition) is 3. The summed E-state index contributed by atoms with van der Waals surface area (Å²) in [5.74, 6) is -0.227. The molecule has 4 aromatic rings. The van der Waals surface area contributed by atoms with Crippen LogP contribution >= 0.6 is 0 Å². The minimum Gasteiger partial charge on any atom is -0.354 e. The Balaban J connectivity index is 1.62. The number of carbonyl (C=O) groups excluding carboxylic acids is 1. The van der Waals surface area contributed by atoms with E-state index in [-0.39, 0.29) is 18.0 Å². The fourth-order valence-electron chi connectivity index (χ4n) is 3.95. The molecule has 0 radical (unpaired) electrons. The molecule has 0 atom stereocenters. The van der Waals surface area contributed by atoms with E-state index in [1.54, 1.807) is 6.07 Å². The Morgan fingerprint density at radius 2 is 1.62 bits per heavy atom. The molecule has 0 unspecified atom stereocenters. The van der Waals surface area contributed by atoms with Crippen LogP contribution in [-0.4, -0.2) is 22.2 Å². The minimum atomic E-state index is -0.260. The van der Waals surface area contributed by atoms with Gasteiger partial charge in [0.05, 0.1) is 11.1 Å². The Kier molecular flexibility index (Phi) is 6.17. The van der Waals surface area contributed by atoms with E-state index in [0.717, 1.165) is 28.5 Å². The van der Waals surface area contributed by atoms with Crippen LogP contribution < -0.4 is 10.9 Å². The number of fused-ring (bicyclic) bond motifs is 1. The number of benzene rings is 3. The third-order valence-electron chi connectivity index (χ3n) is 5.79. The van der Waals surface area contributed by atoms with Crippen LogP contribution in [0.1, 0.15) is 22.3 Å². The SMILES string of the molecule is Cc1ccc(C)c(-c2nn(CC(=O)NCCc3ccccc3C)c(=O)c3ccccc23)c1. The molecule has 0 saturated heterocycles. The monoisotopic (exact) mass is 425 g/mol. The summed E-state index contributed by atoms with van der Waals surface area (Å²) >= 11 is 0. The highest BCUT2D eigenvalue weighted by atomic mass is 16.2. The summed E-state index contributed by atoms with van der Waals surface area (Å²) in [6.45, 7) is 6.51. The van der Waals surface area contributed by atoms with E-state index in [4.69, 9.17) is 0 Å². The van der Waals surface area contributed by atoms with Crippen LogP contribution in [0, 0.1) is 20.8 Å². The van der Waals surface area contributed by atoms with Gasteiger partial charge in [0.1, 0.15) is 6.54 Å². The van der Waals surface area contributed by atoms with Crippen LogP contribution in [0.5, 0.6) is 0 Å². The van der Waals surface area contributed by atoms with Crippen molar-refractivity contribution < 1.29 is 4.79 Å². The van der Waals surface area contributed by atoms with Gasteiger partial charge in [-0.15, -0.1) is 0 Å². The maximum atomic E-state index is 13.1. The summed E-state index contributed by atoms with van der Waals surface area (Å²) in [5.41, 5.74) is 6.01. The smallest absolute Gasteiger partial charge is 0.275 e. The normalized spacial score (nSPS) is 11.0. The van der Waals surface area contributed by atoms with Crippen LogP contribution in [0.2, 0.25) is 0 Å². The minimum absolute atomic E-state index is 0.116. The predicted molar refractivity (Wildman–Crippen MR) is 129 cm³/mol. The molecule has 0 aliphatic heterocycles. The van der Waals surface area contributed by atoms with E-state index in [1.807, 2.05) is 44.2 Å². The Labute approximate surface area is 187 Å². The second-order valence-corrected chi connectivity index (χ2v) is 8.20. The van der Waals surface area contributed by atoms with E-state index in [2.05, 4.69) is 47.7 Å². The highest BCUT2D eigenvalue weighted by Crippen LogP contribution is 2.28. The third kappa shape index (κ3) is 4.47. The number of carbonyl (C=O) groups is 1. The van der Waals surface area contributed by atoms with E-state index >= 15 is 0 Å². The van der Waals surface area contributed by atoms with E-state index in [9.17, 15) is 9.59 Å². The Hall–Kier alpha value is -3.73. The molecule has 0 saturated carbocycles. The Morgan fingerprint density at radius 3 is 2.41 bits per heavy atom. The van der Waals surface area contributed by atoms with Crippen LogP contribution in [0.4, 0.5) is 0 Å². The quantitative estimate of drug-likeness (QED) is 0.500. The van der Waals surface area contributed by atoms with Gasteiger partial charge in [0.15, 0.2) is 0 Å². The maximum Gasteiger partial charge on any atom is 0.275 e. The van der Waals surface area contributed by atoms with Gasteiger partial charge in [-0.2, -0.15) is 5.10 Å². The number of hydrogen-bond donors (Lipinski definition) is 1. The van der Waals surface area contributed by atoms with Crippen molar-refractivity contribution in [3.8, 4) is 11.3 Å². The molecule has 3 aromatic carbocycles. The van der Waals surface area contributed by atoms with Gasteiger partial charge >= 0.3 is 0 Å². The molecule has 5 heteroatoms. The molecular formula is C27H27N3O2. The molecule has 1 N–H and O–H groups in total. The standard InChI is InChI=1S/C27H27N3O2/c1-18-12-13-20(3)24(16-18)26-22-10-6-7-11-23(22)27(32)30(29-26)17-25(31)28-15-14-21-9-5-4-8-19(21)2/h4-13,16H,14-15,17H2,1-3H3,(H,28,31). The van der Waals surface area contributed by atoms with Gasteiger partial charge in [0, 0.05) is 17.5 Å². The fraction of sp³-hybridized carbons (Fsp3) is 0.222. The lowest BCUT2D eigenvalue weighted by atomic mass is 9.99. The molecule has 1 amide bonds. The zero-order valence-electron chi connectivity index (χ0n) is 18.7. The molecule has 0 bridgehead atoms. The zero-order chi connectivity index (χ0) is 22.7. The first-order valence-electron chi connectivity index (χ1n) is 10.8. The number of amides is 1. The maximum absolute atomic E-state index is 13.1. The Morgan fingerprint density at radius 1 is 0.906 bits per heavy atom. The summed E-state index contributed by atoms with van der Waals surface area (Å²) < 4.78 is 1.28. The molecule has 0 fully saturated rings. The van der Waals surface area contributed by atoms with Crippen molar-refractivity contribution in [2.75, 3.05) is 6.54 Å². The lowest BCUT2D eigenvalue weighted by Crippen LogP contribution is -2.35. The number of aromatic nitrogens is 2. The molecule has 162 valence electrons. The lowest BCUT2D eigenvalue weighted by molar-refractivity contribution is -0.121. The third-order valence-corrected chi connectivity index (χ3v) is 5.79. The molecule has 32 heavy (non-hydrogen) atoms.